The lowest BCUT2D eigenvalue weighted by atomic mass is 10.1. The van der Waals surface area contributed by atoms with Gasteiger partial charge in [0.2, 0.25) is 0 Å². The van der Waals surface area contributed by atoms with Crippen LogP contribution in [0.2, 0.25) is 0 Å². The van der Waals surface area contributed by atoms with Gasteiger partial charge in [0.05, 0.1) is 0 Å². The second-order valence-corrected chi connectivity index (χ2v) is 7.81. The first-order chi connectivity index (χ1) is 13.1. The van der Waals surface area contributed by atoms with Crippen molar-refractivity contribution in [1.29, 1.82) is 0 Å². The normalized spacial score (nSPS) is 11.7. The van der Waals surface area contributed by atoms with E-state index in [-0.39, 0.29) is 5.91 Å². The third kappa shape index (κ3) is 5.38. The molecular weight excluding hydrogens is 354 g/mol. The van der Waals surface area contributed by atoms with E-state index in [1.54, 1.807) is 30.5 Å². The smallest absolute Gasteiger partial charge is 0.254 e. The van der Waals surface area contributed by atoms with Crippen molar-refractivity contribution in [3.05, 3.63) is 102 Å². The topological polar surface area (TPSA) is 37.4 Å². The molecule has 3 rings (SSSR count). The van der Waals surface area contributed by atoms with Gasteiger partial charge in [0, 0.05) is 40.6 Å². The molecule has 0 saturated carbocycles. The molecule has 27 heavy (non-hydrogen) atoms. The highest BCUT2D eigenvalue weighted by Gasteiger charge is 2.16. The molecule has 1 atom stereocenters. The van der Waals surface area contributed by atoms with Gasteiger partial charge < -0.3 is 4.90 Å². The molecule has 138 valence electrons. The molecule has 0 aromatic heterocycles. The summed E-state index contributed by atoms with van der Waals surface area (Å²) in [5, 5.41) is 0. The van der Waals surface area contributed by atoms with Gasteiger partial charge in [-0.3, -0.25) is 9.00 Å². The lowest BCUT2D eigenvalue weighted by Crippen LogP contribution is -2.32. The van der Waals surface area contributed by atoms with Crippen molar-refractivity contribution >= 4 is 16.7 Å². The second kappa shape index (κ2) is 9.28. The Bertz CT molecular complexity index is 893. The lowest BCUT2D eigenvalue weighted by molar-refractivity contribution is 0.0745. The highest BCUT2D eigenvalue weighted by atomic mass is 32.2. The van der Waals surface area contributed by atoms with Crippen molar-refractivity contribution in [2.75, 3.05) is 12.8 Å². The predicted octanol–water partition coefficient (Wildman–Crippen LogP) is 4.31. The summed E-state index contributed by atoms with van der Waals surface area (Å²) in [7, 11) is -1.05. The fraction of sp³-hybridized carbons (Fsp3) is 0.174. The van der Waals surface area contributed by atoms with Crippen LogP contribution in [-0.2, 0) is 23.8 Å². The zero-order chi connectivity index (χ0) is 19.1. The molecule has 0 heterocycles. The van der Waals surface area contributed by atoms with E-state index in [4.69, 9.17) is 0 Å². The molecule has 0 radical (unpaired) electrons. The molecular formula is C23H23NO2S. The first kappa shape index (κ1) is 19.1. The number of carbonyl (C=O) groups excluding carboxylic acids is 1. The van der Waals surface area contributed by atoms with Crippen molar-refractivity contribution in [2.24, 2.45) is 0 Å². The number of carbonyl (C=O) groups is 1. The van der Waals surface area contributed by atoms with E-state index in [9.17, 15) is 9.00 Å². The van der Waals surface area contributed by atoms with Gasteiger partial charge in [-0.05, 0) is 41.8 Å². The summed E-state index contributed by atoms with van der Waals surface area (Å²) in [5.74, 6) is -0.0109. The average Bonchev–Trinajstić information content (AvgIpc) is 2.72. The Morgan fingerprint density at radius 2 is 1.37 bits per heavy atom. The Morgan fingerprint density at radius 3 is 1.93 bits per heavy atom. The van der Waals surface area contributed by atoms with E-state index in [1.807, 2.05) is 53.4 Å². The zero-order valence-electron chi connectivity index (χ0n) is 15.4. The Labute approximate surface area is 163 Å². The SMILES string of the molecule is C[S@@](=O)c1ccc(C(=O)N(CCc2ccccc2)Cc2ccccc2)cc1. The third-order valence-electron chi connectivity index (χ3n) is 4.45. The molecule has 0 bridgehead atoms. The molecule has 4 heteroatoms. The van der Waals surface area contributed by atoms with Crippen LogP contribution >= 0.6 is 0 Å². The third-order valence-corrected chi connectivity index (χ3v) is 5.39. The summed E-state index contributed by atoms with van der Waals surface area (Å²) in [6.07, 6.45) is 2.44. The van der Waals surface area contributed by atoms with Crippen molar-refractivity contribution in [2.45, 2.75) is 17.9 Å². The summed E-state index contributed by atoms with van der Waals surface area (Å²) in [5.41, 5.74) is 2.93. The fourth-order valence-corrected chi connectivity index (χ4v) is 3.46. The minimum atomic E-state index is -1.05. The summed E-state index contributed by atoms with van der Waals surface area (Å²) in [4.78, 5) is 15.7. The van der Waals surface area contributed by atoms with Crippen LogP contribution in [0.15, 0.2) is 89.8 Å². The Balaban J connectivity index is 1.78. The van der Waals surface area contributed by atoms with Crippen molar-refractivity contribution in [1.82, 2.24) is 4.90 Å². The molecule has 0 saturated heterocycles. The van der Waals surface area contributed by atoms with Crippen molar-refractivity contribution < 1.29 is 9.00 Å². The molecule has 0 aliphatic heterocycles. The van der Waals surface area contributed by atoms with Gasteiger partial charge in [-0.25, -0.2) is 0 Å². The maximum atomic E-state index is 13.1. The van der Waals surface area contributed by atoms with Gasteiger partial charge in [-0.15, -0.1) is 0 Å². The number of amides is 1. The van der Waals surface area contributed by atoms with Crippen LogP contribution in [0, 0.1) is 0 Å². The molecule has 0 fully saturated rings. The van der Waals surface area contributed by atoms with E-state index >= 15 is 0 Å². The van der Waals surface area contributed by atoms with E-state index in [0.717, 1.165) is 16.9 Å². The molecule has 3 nitrogen and oxygen atoms in total. The number of rotatable bonds is 7. The highest BCUT2D eigenvalue weighted by molar-refractivity contribution is 7.84. The van der Waals surface area contributed by atoms with E-state index in [2.05, 4.69) is 12.1 Å². The standard InChI is InChI=1S/C23H23NO2S/c1-27(26)22-14-12-21(13-15-22)23(25)24(18-20-10-6-3-7-11-20)17-16-19-8-4-2-5-9-19/h2-15H,16-18H2,1H3/t27-/m1/s1. The molecule has 0 unspecified atom stereocenters. The van der Waals surface area contributed by atoms with Crippen LogP contribution in [0.4, 0.5) is 0 Å². The highest BCUT2D eigenvalue weighted by Crippen LogP contribution is 2.14. The summed E-state index contributed by atoms with van der Waals surface area (Å²) < 4.78 is 11.6. The lowest BCUT2D eigenvalue weighted by Gasteiger charge is -2.23. The maximum absolute atomic E-state index is 13.1. The average molecular weight is 378 g/mol. The summed E-state index contributed by atoms with van der Waals surface area (Å²) in [6, 6.07) is 27.3. The fourth-order valence-electron chi connectivity index (χ4n) is 2.94. The van der Waals surface area contributed by atoms with Crippen LogP contribution in [0.3, 0.4) is 0 Å². The zero-order valence-corrected chi connectivity index (χ0v) is 16.2. The first-order valence-corrected chi connectivity index (χ1v) is 10.5. The second-order valence-electron chi connectivity index (χ2n) is 6.43. The Kier molecular flexibility index (Phi) is 6.55. The number of hydrogen-bond donors (Lipinski definition) is 0. The van der Waals surface area contributed by atoms with Gasteiger partial charge in [0.1, 0.15) is 0 Å². The molecule has 3 aromatic rings. The van der Waals surface area contributed by atoms with Gasteiger partial charge in [-0.2, -0.15) is 0 Å². The van der Waals surface area contributed by atoms with Crippen molar-refractivity contribution in [3.63, 3.8) is 0 Å². The van der Waals surface area contributed by atoms with Crippen LogP contribution in [0.1, 0.15) is 21.5 Å². The predicted molar refractivity (Wildman–Crippen MR) is 110 cm³/mol. The van der Waals surface area contributed by atoms with E-state index in [1.165, 1.54) is 5.56 Å². The van der Waals surface area contributed by atoms with Crippen LogP contribution in [0.5, 0.6) is 0 Å². The number of nitrogens with zero attached hydrogens (tertiary/aromatic N) is 1. The first-order valence-electron chi connectivity index (χ1n) is 8.94. The quantitative estimate of drug-likeness (QED) is 0.615. The van der Waals surface area contributed by atoms with Crippen LogP contribution in [0.25, 0.3) is 0 Å². The Hall–Kier alpha value is -2.72. The number of benzene rings is 3. The minimum Gasteiger partial charge on any atom is -0.334 e. The molecule has 1 amide bonds. The van der Waals surface area contributed by atoms with Gasteiger partial charge in [0.15, 0.2) is 0 Å². The van der Waals surface area contributed by atoms with E-state index in [0.29, 0.717) is 18.7 Å². The maximum Gasteiger partial charge on any atom is 0.254 e. The minimum absolute atomic E-state index is 0.0109. The monoisotopic (exact) mass is 377 g/mol. The Morgan fingerprint density at radius 1 is 0.815 bits per heavy atom. The van der Waals surface area contributed by atoms with Gasteiger partial charge in [-0.1, -0.05) is 60.7 Å². The van der Waals surface area contributed by atoms with Crippen LogP contribution < -0.4 is 0 Å². The molecule has 0 spiro atoms. The molecule has 3 aromatic carbocycles. The molecule has 0 aliphatic carbocycles. The summed E-state index contributed by atoms with van der Waals surface area (Å²) in [6.45, 7) is 1.20. The van der Waals surface area contributed by atoms with Crippen molar-refractivity contribution in [3.8, 4) is 0 Å². The van der Waals surface area contributed by atoms with Gasteiger partial charge >= 0.3 is 0 Å². The summed E-state index contributed by atoms with van der Waals surface area (Å²) >= 11 is 0. The van der Waals surface area contributed by atoms with Crippen LogP contribution in [-0.4, -0.2) is 27.8 Å². The number of hydrogen-bond acceptors (Lipinski definition) is 2. The van der Waals surface area contributed by atoms with Gasteiger partial charge in [0.25, 0.3) is 5.91 Å². The molecule has 0 aliphatic rings. The largest absolute Gasteiger partial charge is 0.334 e. The van der Waals surface area contributed by atoms with E-state index < -0.39 is 10.8 Å². The molecule has 0 N–H and O–H groups in total.